The lowest BCUT2D eigenvalue weighted by Crippen LogP contribution is -2.33. The zero-order chi connectivity index (χ0) is 30.6. The maximum Gasteiger partial charge on any atom is 0.256 e. The first-order chi connectivity index (χ1) is 21.4. The van der Waals surface area contributed by atoms with Crippen molar-refractivity contribution in [2.75, 3.05) is 42.1 Å². The first-order valence-corrected chi connectivity index (χ1v) is 15.0. The SMILES string of the molecule is Cc1[nH]c(/C=C2\C(=O)Nc3cc(Nc4cccc(NC(=O)c5ccccc5)c4)ccc32)c(C)c1C(=O)NCCN1CCCC1. The second-order valence-electron chi connectivity index (χ2n) is 11.3. The molecule has 0 aliphatic carbocycles. The van der Waals surface area contributed by atoms with Gasteiger partial charge in [0, 0.05) is 52.7 Å². The third-order valence-corrected chi connectivity index (χ3v) is 8.15. The molecule has 0 saturated carbocycles. The monoisotopic (exact) mass is 588 g/mol. The van der Waals surface area contributed by atoms with Gasteiger partial charge < -0.3 is 31.2 Å². The number of carbonyl (C=O) groups is 3. The summed E-state index contributed by atoms with van der Waals surface area (Å²) in [5.41, 5.74) is 7.79. The predicted octanol–water partition coefficient (Wildman–Crippen LogP) is 5.95. The molecule has 2 aliphatic rings. The number of benzene rings is 3. The van der Waals surface area contributed by atoms with Crippen LogP contribution in [0.3, 0.4) is 0 Å². The molecule has 1 fully saturated rings. The third-order valence-electron chi connectivity index (χ3n) is 8.15. The number of carbonyl (C=O) groups excluding carboxylic acids is 3. The van der Waals surface area contributed by atoms with Crippen LogP contribution in [-0.4, -0.2) is 53.8 Å². The van der Waals surface area contributed by atoms with Gasteiger partial charge in [-0.2, -0.15) is 0 Å². The van der Waals surface area contributed by atoms with E-state index in [1.165, 1.54) is 12.8 Å². The molecular formula is C35H36N6O3. The van der Waals surface area contributed by atoms with Gasteiger partial charge in [-0.15, -0.1) is 0 Å². The van der Waals surface area contributed by atoms with Crippen LogP contribution in [-0.2, 0) is 4.79 Å². The van der Waals surface area contributed by atoms with Crippen LogP contribution in [0.5, 0.6) is 0 Å². The van der Waals surface area contributed by atoms with E-state index < -0.39 is 0 Å². The summed E-state index contributed by atoms with van der Waals surface area (Å²) in [4.78, 5) is 44.3. The molecular weight excluding hydrogens is 552 g/mol. The van der Waals surface area contributed by atoms with Crippen molar-refractivity contribution >= 4 is 52.1 Å². The number of nitrogens with one attached hydrogen (secondary N) is 5. The molecule has 6 rings (SSSR count). The van der Waals surface area contributed by atoms with Gasteiger partial charge in [-0.25, -0.2) is 0 Å². The first-order valence-electron chi connectivity index (χ1n) is 15.0. The normalized spacial score (nSPS) is 15.2. The van der Waals surface area contributed by atoms with Crippen LogP contribution in [0.1, 0.15) is 56.1 Å². The molecule has 0 radical (unpaired) electrons. The molecule has 3 amide bonds. The molecule has 0 atom stereocenters. The molecule has 1 saturated heterocycles. The standard InChI is InChI=1S/C35H36N6O3/c1-22-30(37-23(2)32(22)35(44)36-15-18-41-16-6-7-17-41)21-29-28-14-13-27(20-31(28)40-34(29)43)38-25-11-8-12-26(19-25)39-33(42)24-9-4-3-5-10-24/h3-5,8-14,19-21,37-38H,6-7,15-18H2,1-2H3,(H,36,44)(H,39,42)(H,40,43)/b29-21-. The maximum atomic E-state index is 13.0. The minimum atomic E-state index is -0.203. The van der Waals surface area contributed by atoms with E-state index in [-0.39, 0.29) is 17.7 Å². The van der Waals surface area contributed by atoms with E-state index in [1.807, 2.05) is 80.6 Å². The highest BCUT2D eigenvalue weighted by atomic mass is 16.2. The highest BCUT2D eigenvalue weighted by molar-refractivity contribution is 6.35. The van der Waals surface area contributed by atoms with Crippen LogP contribution in [0.15, 0.2) is 72.8 Å². The fraction of sp³-hybridized carbons (Fsp3) is 0.229. The van der Waals surface area contributed by atoms with E-state index in [1.54, 1.807) is 12.1 Å². The van der Waals surface area contributed by atoms with Gasteiger partial charge in [-0.3, -0.25) is 14.4 Å². The number of aryl methyl sites for hydroxylation is 1. The smallest absolute Gasteiger partial charge is 0.256 e. The second-order valence-corrected chi connectivity index (χ2v) is 11.3. The zero-order valence-corrected chi connectivity index (χ0v) is 24.9. The Kier molecular flexibility index (Phi) is 8.29. The zero-order valence-electron chi connectivity index (χ0n) is 24.9. The quantitative estimate of drug-likeness (QED) is 0.155. The number of anilines is 4. The lowest BCUT2D eigenvalue weighted by atomic mass is 10.0. The van der Waals surface area contributed by atoms with Crippen molar-refractivity contribution in [1.29, 1.82) is 0 Å². The molecule has 224 valence electrons. The van der Waals surface area contributed by atoms with E-state index in [2.05, 4.69) is 31.2 Å². The summed E-state index contributed by atoms with van der Waals surface area (Å²) >= 11 is 0. The minimum Gasteiger partial charge on any atom is -0.358 e. The Morgan fingerprint density at radius 3 is 2.43 bits per heavy atom. The Morgan fingerprint density at radius 1 is 0.886 bits per heavy atom. The van der Waals surface area contributed by atoms with Crippen molar-refractivity contribution in [3.05, 3.63) is 106 Å². The lowest BCUT2D eigenvalue weighted by molar-refractivity contribution is -0.110. The number of rotatable bonds is 9. The minimum absolute atomic E-state index is 0.101. The maximum absolute atomic E-state index is 13.0. The molecule has 0 bridgehead atoms. The van der Waals surface area contributed by atoms with E-state index in [0.717, 1.165) is 53.5 Å². The van der Waals surface area contributed by atoms with Gasteiger partial charge in [0.25, 0.3) is 17.7 Å². The first kappa shape index (κ1) is 28.9. The Hall–Kier alpha value is -5.15. The Balaban J connectivity index is 1.15. The van der Waals surface area contributed by atoms with Gasteiger partial charge in [0.15, 0.2) is 0 Å². The molecule has 5 N–H and O–H groups in total. The van der Waals surface area contributed by atoms with E-state index in [4.69, 9.17) is 0 Å². The number of aromatic amines is 1. The fourth-order valence-electron chi connectivity index (χ4n) is 5.88. The predicted molar refractivity (Wildman–Crippen MR) is 175 cm³/mol. The van der Waals surface area contributed by atoms with Crippen LogP contribution in [0.4, 0.5) is 22.7 Å². The van der Waals surface area contributed by atoms with Crippen molar-refractivity contribution in [2.45, 2.75) is 26.7 Å². The third kappa shape index (κ3) is 6.28. The number of H-pyrrole nitrogens is 1. The number of hydrogen-bond acceptors (Lipinski definition) is 5. The van der Waals surface area contributed by atoms with Gasteiger partial charge in [0.2, 0.25) is 0 Å². The molecule has 0 spiro atoms. The van der Waals surface area contributed by atoms with Crippen molar-refractivity contribution in [3.8, 4) is 0 Å². The molecule has 9 heteroatoms. The van der Waals surface area contributed by atoms with Crippen LogP contribution >= 0.6 is 0 Å². The fourth-order valence-corrected chi connectivity index (χ4v) is 5.88. The number of fused-ring (bicyclic) bond motifs is 1. The molecule has 1 aromatic heterocycles. The van der Waals surface area contributed by atoms with Gasteiger partial charge in [0.1, 0.15) is 0 Å². The molecule has 9 nitrogen and oxygen atoms in total. The largest absolute Gasteiger partial charge is 0.358 e. The summed E-state index contributed by atoms with van der Waals surface area (Å²) in [6, 6.07) is 22.2. The number of hydrogen-bond donors (Lipinski definition) is 5. The molecule has 4 aromatic rings. The number of aromatic nitrogens is 1. The molecule has 0 unspecified atom stereocenters. The number of likely N-dealkylation sites (tertiary alicyclic amines) is 1. The van der Waals surface area contributed by atoms with Gasteiger partial charge in [0.05, 0.1) is 16.8 Å². The van der Waals surface area contributed by atoms with Crippen LogP contribution in [0.25, 0.3) is 11.6 Å². The van der Waals surface area contributed by atoms with Crippen molar-refractivity contribution in [2.24, 2.45) is 0 Å². The van der Waals surface area contributed by atoms with Crippen molar-refractivity contribution < 1.29 is 14.4 Å². The summed E-state index contributed by atoms with van der Waals surface area (Å²) in [6.07, 6.45) is 4.26. The number of nitrogens with zero attached hydrogens (tertiary/aromatic N) is 1. The molecule has 44 heavy (non-hydrogen) atoms. The average Bonchev–Trinajstić information content (AvgIpc) is 3.71. The molecule has 2 aliphatic heterocycles. The highest BCUT2D eigenvalue weighted by Crippen LogP contribution is 2.36. The van der Waals surface area contributed by atoms with E-state index in [0.29, 0.717) is 34.6 Å². The van der Waals surface area contributed by atoms with Crippen molar-refractivity contribution in [3.63, 3.8) is 0 Å². The van der Waals surface area contributed by atoms with Crippen molar-refractivity contribution in [1.82, 2.24) is 15.2 Å². The Labute approximate surface area is 256 Å². The summed E-state index contributed by atoms with van der Waals surface area (Å²) in [5.74, 6) is -0.484. The van der Waals surface area contributed by atoms with Crippen LogP contribution in [0, 0.1) is 13.8 Å². The van der Waals surface area contributed by atoms with Gasteiger partial charge in [-0.1, -0.05) is 30.3 Å². The molecule has 3 aromatic carbocycles. The summed E-state index contributed by atoms with van der Waals surface area (Å²) in [5, 5.41) is 12.3. The van der Waals surface area contributed by atoms with Crippen LogP contribution < -0.4 is 21.3 Å². The summed E-state index contributed by atoms with van der Waals surface area (Å²) in [7, 11) is 0. The van der Waals surface area contributed by atoms with Gasteiger partial charge >= 0.3 is 0 Å². The highest BCUT2D eigenvalue weighted by Gasteiger charge is 2.26. The topological polar surface area (TPSA) is 118 Å². The summed E-state index contributed by atoms with van der Waals surface area (Å²) in [6.45, 7) is 7.45. The van der Waals surface area contributed by atoms with Gasteiger partial charge in [-0.05, 0) is 93.9 Å². The molecule has 3 heterocycles. The Morgan fingerprint density at radius 2 is 1.64 bits per heavy atom. The summed E-state index contributed by atoms with van der Waals surface area (Å²) < 4.78 is 0. The van der Waals surface area contributed by atoms with Crippen LogP contribution in [0.2, 0.25) is 0 Å². The van der Waals surface area contributed by atoms with E-state index in [9.17, 15) is 14.4 Å². The average molecular weight is 589 g/mol. The lowest BCUT2D eigenvalue weighted by Gasteiger charge is -2.14. The van der Waals surface area contributed by atoms with E-state index >= 15 is 0 Å². The Bertz CT molecular complexity index is 1750. The second kappa shape index (κ2) is 12.6. The number of amides is 3.